The van der Waals surface area contributed by atoms with Crippen molar-refractivity contribution in [3.05, 3.63) is 24.3 Å². The van der Waals surface area contributed by atoms with Gasteiger partial charge in [-0.05, 0) is 55.9 Å². The van der Waals surface area contributed by atoms with Gasteiger partial charge >= 0.3 is 0 Å². The highest BCUT2D eigenvalue weighted by molar-refractivity contribution is 7.90. The number of carbonyl (C=O) groups is 1. The molecular weight excluding hydrogens is 376 g/mol. The number of sulfone groups is 1. The summed E-state index contributed by atoms with van der Waals surface area (Å²) in [7, 11) is -3.20. The third-order valence-corrected chi connectivity index (χ3v) is 6.08. The fourth-order valence-electron chi connectivity index (χ4n) is 3.93. The molecule has 1 heterocycles. The Kier molecular flexibility index (Phi) is 8.31. The number of ether oxygens (including phenoxy) is 1. The van der Waals surface area contributed by atoms with Crippen LogP contribution in [0.25, 0.3) is 0 Å². The van der Waals surface area contributed by atoms with Gasteiger partial charge in [-0.15, -0.1) is 0 Å². The highest BCUT2D eigenvalue weighted by atomic mass is 32.2. The Morgan fingerprint density at radius 2 is 1.82 bits per heavy atom. The van der Waals surface area contributed by atoms with Crippen LogP contribution in [-0.2, 0) is 14.6 Å². The van der Waals surface area contributed by atoms with Crippen molar-refractivity contribution in [3.63, 3.8) is 0 Å². The van der Waals surface area contributed by atoms with Crippen LogP contribution in [0, 0.1) is 11.8 Å². The number of piperidine rings is 1. The molecule has 1 aromatic carbocycles. The van der Waals surface area contributed by atoms with Crippen LogP contribution in [0.5, 0.6) is 5.75 Å². The fraction of sp³-hybridized carbons (Fsp3) is 0.667. The molecule has 0 saturated carbocycles. The second kappa shape index (κ2) is 10.3. The zero-order chi connectivity index (χ0) is 20.7. The summed E-state index contributed by atoms with van der Waals surface area (Å²) < 4.78 is 28.5. The summed E-state index contributed by atoms with van der Waals surface area (Å²) in [6.45, 7) is 10.2. The van der Waals surface area contributed by atoms with Gasteiger partial charge in [0.25, 0.3) is 0 Å². The Balaban J connectivity index is 1.64. The average molecular weight is 411 g/mol. The number of benzene rings is 1. The molecule has 158 valence electrons. The summed E-state index contributed by atoms with van der Waals surface area (Å²) in [5.74, 6) is 2.08. The van der Waals surface area contributed by atoms with E-state index in [1.807, 2.05) is 0 Å². The van der Waals surface area contributed by atoms with Crippen molar-refractivity contribution in [1.82, 2.24) is 10.2 Å². The third kappa shape index (κ3) is 7.80. The first-order chi connectivity index (χ1) is 13.1. The Morgan fingerprint density at radius 1 is 1.21 bits per heavy atom. The van der Waals surface area contributed by atoms with Crippen LogP contribution >= 0.6 is 0 Å². The van der Waals surface area contributed by atoms with E-state index in [9.17, 15) is 13.2 Å². The Labute approximate surface area is 169 Å². The van der Waals surface area contributed by atoms with Crippen LogP contribution in [0.2, 0.25) is 0 Å². The third-order valence-electron chi connectivity index (χ3n) is 4.95. The molecule has 1 aliphatic rings. The minimum atomic E-state index is -3.20. The standard InChI is InChI=1S/C21H34N2O4S/c1-16-12-17(2)14-23(13-16)15-18(3)22-21(24)6-5-11-27-19-7-9-20(10-8-19)28(4,25)26/h7-10,16-18H,5-6,11-15H2,1-4H3,(H,22,24). The van der Waals surface area contributed by atoms with Gasteiger partial charge in [0, 0.05) is 38.4 Å². The quantitative estimate of drug-likeness (QED) is 0.634. The molecule has 1 N–H and O–H groups in total. The van der Waals surface area contributed by atoms with E-state index >= 15 is 0 Å². The van der Waals surface area contributed by atoms with Gasteiger partial charge in [-0.2, -0.15) is 0 Å². The molecule has 0 bridgehead atoms. The first-order valence-electron chi connectivity index (χ1n) is 10.1. The smallest absolute Gasteiger partial charge is 0.220 e. The molecule has 0 aliphatic carbocycles. The van der Waals surface area contributed by atoms with Crippen LogP contribution in [0.3, 0.4) is 0 Å². The lowest BCUT2D eigenvalue weighted by molar-refractivity contribution is -0.122. The summed E-state index contributed by atoms with van der Waals surface area (Å²) in [5.41, 5.74) is 0. The second-order valence-electron chi connectivity index (χ2n) is 8.33. The zero-order valence-corrected chi connectivity index (χ0v) is 18.3. The van der Waals surface area contributed by atoms with E-state index < -0.39 is 9.84 Å². The molecule has 0 radical (unpaired) electrons. The number of rotatable bonds is 9. The Hall–Kier alpha value is -1.60. The minimum absolute atomic E-state index is 0.0432. The molecule has 3 unspecified atom stereocenters. The van der Waals surface area contributed by atoms with E-state index in [-0.39, 0.29) is 16.8 Å². The predicted octanol–water partition coefficient (Wildman–Crippen LogP) is 2.73. The highest BCUT2D eigenvalue weighted by Crippen LogP contribution is 2.21. The zero-order valence-electron chi connectivity index (χ0n) is 17.5. The van der Waals surface area contributed by atoms with Gasteiger partial charge in [0.15, 0.2) is 9.84 Å². The highest BCUT2D eigenvalue weighted by Gasteiger charge is 2.23. The van der Waals surface area contributed by atoms with E-state index in [2.05, 4.69) is 31.0 Å². The molecule has 3 atom stereocenters. The lowest BCUT2D eigenvalue weighted by atomic mass is 9.92. The second-order valence-corrected chi connectivity index (χ2v) is 10.3. The SMILES string of the molecule is CC1CC(C)CN(CC(C)NC(=O)CCCOc2ccc(S(C)(=O)=O)cc2)C1. The normalized spacial score (nSPS) is 21.9. The predicted molar refractivity (Wildman–Crippen MR) is 111 cm³/mol. The van der Waals surface area contributed by atoms with Gasteiger partial charge in [0.2, 0.25) is 5.91 Å². The summed E-state index contributed by atoms with van der Waals surface area (Å²) in [5, 5.41) is 3.08. The molecule has 6 nitrogen and oxygen atoms in total. The fourth-order valence-corrected chi connectivity index (χ4v) is 4.56. The molecule has 1 aliphatic heterocycles. The van der Waals surface area contributed by atoms with Crippen LogP contribution in [0.4, 0.5) is 0 Å². The topological polar surface area (TPSA) is 75.7 Å². The van der Waals surface area contributed by atoms with E-state index in [4.69, 9.17) is 4.74 Å². The van der Waals surface area contributed by atoms with Gasteiger partial charge in [-0.25, -0.2) is 8.42 Å². The summed E-state index contributed by atoms with van der Waals surface area (Å²) >= 11 is 0. The van der Waals surface area contributed by atoms with E-state index in [1.54, 1.807) is 12.1 Å². The van der Waals surface area contributed by atoms with Gasteiger partial charge in [0.05, 0.1) is 11.5 Å². The molecule has 1 aromatic rings. The number of hydrogen-bond donors (Lipinski definition) is 1. The van der Waals surface area contributed by atoms with E-state index in [0.29, 0.717) is 25.2 Å². The van der Waals surface area contributed by atoms with Crippen molar-refractivity contribution in [3.8, 4) is 5.75 Å². The van der Waals surface area contributed by atoms with Gasteiger partial charge in [-0.1, -0.05) is 13.8 Å². The van der Waals surface area contributed by atoms with Gasteiger partial charge < -0.3 is 15.0 Å². The number of hydrogen-bond acceptors (Lipinski definition) is 5. The Morgan fingerprint density at radius 3 is 2.39 bits per heavy atom. The molecule has 1 saturated heterocycles. The minimum Gasteiger partial charge on any atom is -0.494 e. The van der Waals surface area contributed by atoms with Crippen molar-refractivity contribution in [2.45, 2.75) is 51.0 Å². The van der Waals surface area contributed by atoms with Crippen LogP contribution < -0.4 is 10.1 Å². The van der Waals surface area contributed by atoms with Crippen molar-refractivity contribution < 1.29 is 17.9 Å². The lowest BCUT2D eigenvalue weighted by Gasteiger charge is -2.36. The van der Waals surface area contributed by atoms with Crippen LogP contribution in [0.15, 0.2) is 29.2 Å². The summed E-state index contributed by atoms with van der Waals surface area (Å²) in [4.78, 5) is 14.9. The molecule has 2 rings (SSSR count). The maximum absolute atomic E-state index is 12.1. The molecule has 0 aromatic heterocycles. The maximum atomic E-state index is 12.1. The monoisotopic (exact) mass is 410 g/mol. The van der Waals surface area contributed by atoms with Crippen molar-refractivity contribution in [1.29, 1.82) is 0 Å². The maximum Gasteiger partial charge on any atom is 0.220 e. The number of nitrogens with one attached hydrogen (secondary N) is 1. The summed E-state index contributed by atoms with van der Waals surface area (Å²) in [6, 6.07) is 6.47. The summed E-state index contributed by atoms with van der Waals surface area (Å²) in [6.07, 6.45) is 3.49. The molecule has 1 fully saturated rings. The number of likely N-dealkylation sites (tertiary alicyclic amines) is 1. The van der Waals surface area contributed by atoms with Crippen LogP contribution in [-0.4, -0.2) is 57.8 Å². The first-order valence-corrected chi connectivity index (χ1v) is 12.0. The molecule has 28 heavy (non-hydrogen) atoms. The first kappa shape index (κ1) is 22.7. The Bertz CT molecular complexity index is 723. The molecule has 0 spiro atoms. The van der Waals surface area contributed by atoms with E-state index in [1.165, 1.54) is 24.8 Å². The molecule has 1 amide bonds. The molecular formula is C21H34N2O4S. The van der Waals surface area contributed by atoms with Crippen molar-refractivity contribution >= 4 is 15.7 Å². The number of carbonyl (C=O) groups excluding carboxylic acids is 1. The number of nitrogens with zero attached hydrogens (tertiary/aromatic N) is 1. The lowest BCUT2D eigenvalue weighted by Crippen LogP contribution is -2.47. The van der Waals surface area contributed by atoms with Gasteiger partial charge in [-0.3, -0.25) is 4.79 Å². The van der Waals surface area contributed by atoms with Crippen molar-refractivity contribution in [2.75, 3.05) is 32.5 Å². The average Bonchev–Trinajstić information content (AvgIpc) is 2.57. The van der Waals surface area contributed by atoms with Crippen molar-refractivity contribution in [2.24, 2.45) is 11.8 Å². The largest absolute Gasteiger partial charge is 0.494 e. The molecule has 7 heteroatoms. The van der Waals surface area contributed by atoms with E-state index in [0.717, 1.165) is 31.5 Å². The van der Waals surface area contributed by atoms with Gasteiger partial charge in [0.1, 0.15) is 5.75 Å². The number of amides is 1. The van der Waals surface area contributed by atoms with Crippen LogP contribution in [0.1, 0.15) is 40.0 Å².